The molecule has 0 amide bonds. The molecule has 0 spiro atoms. The zero-order valence-corrected chi connectivity index (χ0v) is 10.8. The summed E-state index contributed by atoms with van der Waals surface area (Å²) in [6.07, 6.45) is 1.05. The molecule has 0 radical (unpaired) electrons. The lowest BCUT2D eigenvalue weighted by Crippen LogP contribution is -2.24. The molecule has 1 unspecified atom stereocenters. The molecule has 2 aromatic rings. The summed E-state index contributed by atoms with van der Waals surface area (Å²) in [5.74, 6) is 1.15. The largest absolute Gasteiger partial charge is 0.399 e. The average molecular weight is 242 g/mol. The molecule has 1 atom stereocenters. The zero-order chi connectivity index (χ0) is 12.7. The molecule has 94 valence electrons. The van der Waals surface area contributed by atoms with Crippen LogP contribution >= 0.6 is 0 Å². The van der Waals surface area contributed by atoms with Gasteiger partial charge in [-0.3, -0.25) is 0 Å². The molecule has 3 N–H and O–H groups in total. The first-order valence-corrected chi connectivity index (χ1v) is 6.32. The van der Waals surface area contributed by atoms with Gasteiger partial charge in [-0.05, 0) is 38.0 Å². The fourth-order valence-corrected chi connectivity index (χ4v) is 2.54. The predicted molar refractivity (Wildman–Crippen MR) is 73.8 cm³/mol. The number of anilines is 2. The van der Waals surface area contributed by atoms with Gasteiger partial charge >= 0.3 is 0 Å². The van der Waals surface area contributed by atoms with Crippen LogP contribution in [0.5, 0.6) is 0 Å². The molecule has 1 aliphatic heterocycles. The number of fused-ring (bicyclic) bond motifs is 1. The number of hydrogen-bond donors (Lipinski definition) is 2. The highest BCUT2D eigenvalue weighted by atomic mass is 15.4. The second-order valence-electron chi connectivity index (χ2n) is 4.90. The molecule has 1 aromatic carbocycles. The summed E-state index contributed by atoms with van der Waals surface area (Å²) < 4.78 is 2.11. The van der Waals surface area contributed by atoms with Crippen molar-refractivity contribution in [1.29, 1.82) is 0 Å². The Bertz CT molecular complexity index is 568. The SMILES string of the molecule is Cc1nn2c(c1C)NCCC2c1ccc(N)cc1. The van der Waals surface area contributed by atoms with Crippen LogP contribution in [-0.4, -0.2) is 16.3 Å². The van der Waals surface area contributed by atoms with Gasteiger partial charge in [-0.2, -0.15) is 5.10 Å². The minimum atomic E-state index is 0.314. The number of hydrogen-bond acceptors (Lipinski definition) is 3. The highest BCUT2D eigenvalue weighted by Gasteiger charge is 2.24. The van der Waals surface area contributed by atoms with E-state index in [9.17, 15) is 0 Å². The summed E-state index contributed by atoms with van der Waals surface area (Å²) in [6.45, 7) is 5.16. The average Bonchev–Trinajstić information content (AvgIpc) is 2.67. The van der Waals surface area contributed by atoms with Crippen LogP contribution in [0.4, 0.5) is 11.5 Å². The first-order valence-electron chi connectivity index (χ1n) is 6.32. The first-order chi connectivity index (χ1) is 8.66. The number of aryl methyl sites for hydroxylation is 1. The van der Waals surface area contributed by atoms with E-state index in [1.807, 2.05) is 12.1 Å². The number of aromatic nitrogens is 2. The summed E-state index contributed by atoms with van der Waals surface area (Å²) in [4.78, 5) is 0. The number of nitrogen functional groups attached to an aromatic ring is 1. The van der Waals surface area contributed by atoms with E-state index in [0.717, 1.165) is 30.2 Å². The Morgan fingerprint density at radius 2 is 2.00 bits per heavy atom. The van der Waals surface area contributed by atoms with E-state index in [-0.39, 0.29) is 0 Å². The molecule has 0 saturated carbocycles. The van der Waals surface area contributed by atoms with Gasteiger partial charge in [-0.15, -0.1) is 0 Å². The molecule has 0 bridgehead atoms. The summed E-state index contributed by atoms with van der Waals surface area (Å²) >= 11 is 0. The minimum Gasteiger partial charge on any atom is -0.399 e. The lowest BCUT2D eigenvalue weighted by molar-refractivity contribution is 0.479. The monoisotopic (exact) mass is 242 g/mol. The predicted octanol–water partition coefficient (Wildman–Crippen LogP) is 2.49. The topological polar surface area (TPSA) is 55.9 Å². The van der Waals surface area contributed by atoms with Crippen molar-refractivity contribution in [3.63, 3.8) is 0 Å². The van der Waals surface area contributed by atoms with E-state index in [1.54, 1.807) is 0 Å². The molecule has 0 fully saturated rings. The summed E-state index contributed by atoms with van der Waals surface area (Å²) in [6, 6.07) is 8.43. The lowest BCUT2D eigenvalue weighted by Gasteiger charge is -2.26. The molecule has 4 heteroatoms. The van der Waals surface area contributed by atoms with Crippen molar-refractivity contribution in [2.45, 2.75) is 26.3 Å². The fraction of sp³-hybridized carbons (Fsp3) is 0.357. The zero-order valence-electron chi connectivity index (χ0n) is 10.8. The fourth-order valence-electron chi connectivity index (χ4n) is 2.54. The maximum absolute atomic E-state index is 5.74. The van der Waals surface area contributed by atoms with Crippen molar-refractivity contribution in [3.05, 3.63) is 41.1 Å². The van der Waals surface area contributed by atoms with Crippen molar-refractivity contribution < 1.29 is 0 Å². The second-order valence-corrected chi connectivity index (χ2v) is 4.90. The molecule has 18 heavy (non-hydrogen) atoms. The van der Waals surface area contributed by atoms with Crippen LogP contribution in [0.2, 0.25) is 0 Å². The van der Waals surface area contributed by atoms with E-state index in [1.165, 1.54) is 11.1 Å². The molecule has 3 rings (SSSR count). The molecule has 2 heterocycles. The van der Waals surface area contributed by atoms with Crippen LogP contribution in [-0.2, 0) is 0 Å². The quantitative estimate of drug-likeness (QED) is 0.755. The molecule has 4 nitrogen and oxygen atoms in total. The van der Waals surface area contributed by atoms with Gasteiger partial charge in [-0.1, -0.05) is 12.1 Å². The highest BCUT2D eigenvalue weighted by Crippen LogP contribution is 2.32. The van der Waals surface area contributed by atoms with E-state index >= 15 is 0 Å². The van der Waals surface area contributed by atoms with Crippen molar-refractivity contribution in [2.24, 2.45) is 0 Å². The number of nitrogens with zero attached hydrogens (tertiary/aromatic N) is 2. The van der Waals surface area contributed by atoms with E-state index in [2.05, 4.69) is 41.1 Å². The highest BCUT2D eigenvalue weighted by molar-refractivity contribution is 5.50. The number of nitrogens with one attached hydrogen (secondary N) is 1. The third-order valence-corrected chi connectivity index (χ3v) is 3.71. The normalized spacial score (nSPS) is 18.2. The van der Waals surface area contributed by atoms with E-state index in [4.69, 9.17) is 5.73 Å². The Hall–Kier alpha value is -1.97. The van der Waals surface area contributed by atoms with Gasteiger partial charge in [0.05, 0.1) is 11.7 Å². The van der Waals surface area contributed by atoms with E-state index < -0.39 is 0 Å². The Morgan fingerprint density at radius 3 is 2.72 bits per heavy atom. The van der Waals surface area contributed by atoms with Crippen molar-refractivity contribution in [3.8, 4) is 0 Å². The van der Waals surface area contributed by atoms with Gasteiger partial charge in [0.2, 0.25) is 0 Å². The van der Waals surface area contributed by atoms with Gasteiger partial charge in [0, 0.05) is 17.8 Å². The Labute approximate surface area is 107 Å². The third kappa shape index (κ3) is 1.65. The standard InChI is InChI=1S/C14H18N4/c1-9-10(2)17-18-13(7-8-16-14(9)18)11-3-5-12(15)6-4-11/h3-6,13,16H,7-8,15H2,1-2H3. The third-order valence-electron chi connectivity index (χ3n) is 3.71. The lowest BCUT2D eigenvalue weighted by atomic mass is 10.0. The number of nitrogens with two attached hydrogens (primary N) is 1. The molecular formula is C14H18N4. The van der Waals surface area contributed by atoms with Crippen LogP contribution in [0.3, 0.4) is 0 Å². The van der Waals surface area contributed by atoms with Crippen LogP contribution in [0.15, 0.2) is 24.3 Å². The van der Waals surface area contributed by atoms with Gasteiger partial charge in [0.15, 0.2) is 0 Å². The van der Waals surface area contributed by atoms with Crippen LogP contribution in [0.1, 0.15) is 29.3 Å². The second kappa shape index (κ2) is 4.05. The molecular weight excluding hydrogens is 224 g/mol. The Balaban J connectivity index is 2.06. The van der Waals surface area contributed by atoms with Crippen LogP contribution < -0.4 is 11.1 Å². The smallest absolute Gasteiger partial charge is 0.128 e. The summed E-state index contributed by atoms with van der Waals surface area (Å²) in [5, 5.41) is 8.09. The van der Waals surface area contributed by atoms with E-state index in [0.29, 0.717) is 6.04 Å². The van der Waals surface area contributed by atoms with Crippen molar-refractivity contribution in [1.82, 2.24) is 9.78 Å². The van der Waals surface area contributed by atoms with Gasteiger partial charge in [0.25, 0.3) is 0 Å². The first kappa shape index (κ1) is 11.1. The molecule has 0 saturated heterocycles. The summed E-state index contributed by atoms with van der Waals surface area (Å²) in [7, 11) is 0. The van der Waals surface area contributed by atoms with Crippen LogP contribution in [0.25, 0.3) is 0 Å². The maximum Gasteiger partial charge on any atom is 0.128 e. The minimum absolute atomic E-state index is 0.314. The van der Waals surface area contributed by atoms with Crippen molar-refractivity contribution in [2.75, 3.05) is 17.6 Å². The molecule has 0 aliphatic carbocycles. The molecule has 1 aliphatic rings. The van der Waals surface area contributed by atoms with Gasteiger partial charge in [-0.25, -0.2) is 4.68 Å². The van der Waals surface area contributed by atoms with Gasteiger partial charge < -0.3 is 11.1 Å². The molecule has 1 aromatic heterocycles. The van der Waals surface area contributed by atoms with Crippen LogP contribution in [0, 0.1) is 13.8 Å². The van der Waals surface area contributed by atoms with Gasteiger partial charge in [0.1, 0.15) is 5.82 Å². The number of rotatable bonds is 1. The van der Waals surface area contributed by atoms with Crippen molar-refractivity contribution >= 4 is 11.5 Å². The Kier molecular flexibility index (Phi) is 2.51. The number of benzene rings is 1. The Morgan fingerprint density at radius 1 is 1.28 bits per heavy atom. The maximum atomic E-state index is 5.74. The summed E-state index contributed by atoms with van der Waals surface area (Å²) in [5.41, 5.74) is 10.2.